The fourth-order valence-electron chi connectivity index (χ4n) is 1.61. The lowest BCUT2D eigenvalue weighted by molar-refractivity contribution is -0.0857. The fourth-order valence-corrected chi connectivity index (χ4v) is 1.61. The summed E-state index contributed by atoms with van der Waals surface area (Å²) in [7, 11) is 0. The van der Waals surface area contributed by atoms with Crippen molar-refractivity contribution in [2.24, 2.45) is 0 Å². The molecule has 3 N–H and O–H groups in total. The first-order chi connectivity index (χ1) is 6.11. The molecule has 72 valence electrons. The third-order valence-electron chi connectivity index (χ3n) is 2.44. The highest BCUT2D eigenvalue weighted by Crippen LogP contribution is 2.25. The molecule has 1 aromatic rings. The van der Waals surface area contributed by atoms with E-state index in [1.807, 2.05) is 6.92 Å². The lowest BCUT2D eigenvalue weighted by Gasteiger charge is -2.29. The van der Waals surface area contributed by atoms with Gasteiger partial charge in [-0.2, -0.15) is 0 Å². The Hall–Kier alpha value is -0.910. The van der Waals surface area contributed by atoms with Crippen molar-refractivity contribution in [2.45, 2.75) is 31.8 Å². The molecule has 13 heavy (non-hydrogen) atoms. The van der Waals surface area contributed by atoms with E-state index in [1.54, 1.807) is 10.8 Å². The number of hydrogen-bond donors (Lipinski definition) is 3. The van der Waals surface area contributed by atoms with E-state index < -0.39 is 18.3 Å². The van der Waals surface area contributed by atoms with Gasteiger partial charge in [0.2, 0.25) is 0 Å². The standard InChI is InChI=1S/C8H12N2O3/c1-4-2-9-8-7(13)6(12)5(11)3-10(4)8/h2,5-7,11-13H,3H2,1H3. The molecule has 0 aliphatic carbocycles. The first-order valence-electron chi connectivity index (χ1n) is 4.17. The van der Waals surface area contributed by atoms with Crippen LogP contribution in [-0.4, -0.2) is 37.1 Å². The van der Waals surface area contributed by atoms with E-state index >= 15 is 0 Å². The van der Waals surface area contributed by atoms with E-state index in [0.29, 0.717) is 12.4 Å². The van der Waals surface area contributed by atoms with Gasteiger partial charge in [0.05, 0.1) is 6.54 Å². The zero-order chi connectivity index (χ0) is 9.59. The summed E-state index contributed by atoms with van der Waals surface area (Å²) in [5.74, 6) is 0.426. The SMILES string of the molecule is Cc1cnc2n1CC(O)C(O)C2O. The number of aryl methyl sites for hydroxylation is 1. The number of aliphatic hydroxyl groups is 3. The molecule has 2 rings (SSSR count). The van der Waals surface area contributed by atoms with Crippen LogP contribution in [0, 0.1) is 6.92 Å². The van der Waals surface area contributed by atoms with Crippen LogP contribution in [0.3, 0.4) is 0 Å². The van der Waals surface area contributed by atoms with Crippen LogP contribution in [-0.2, 0) is 6.54 Å². The highest BCUT2D eigenvalue weighted by molar-refractivity contribution is 5.11. The van der Waals surface area contributed by atoms with Crippen LogP contribution in [0.25, 0.3) is 0 Å². The molecule has 0 radical (unpaired) electrons. The van der Waals surface area contributed by atoms with Crippen LogP contribution in [0.5, 0.6) is 0 Å². The maximum absolute atomic E-state index is 9.52. The predicted octanol–water partition coefficient (Wildman–Crippen LogP) is -1.04. The van der Waals surface area contributed by atoms with E-state index in [9.17, 15) is 15.3 Å². The molecule has 0 bridgehead atoms. The Balaban J connectivity index is 2.44. The van der Waals surface area contributed by atoms with Gasteiger partial charge in [-0.05, 0) is 6.92 Å². The van der Waals surface area contributed by atoms with Crippen LogP contribution < -0.4 is 0 Å². The van der Waals surface area contributed by atoms with Gasteiger partial charge in [0.15, 0.2) is 0 Å². The second-order valence-corrected chi connectivity index (χ2v) is 3.37. The zero-order valence-electron chi connectivity index (χ0n) is 7.25. The molecular weight excluding hydrogens is 172 g/mol. The van der Waals surface area contributed by atoms with E-state index in [2.05, 4.69) is 4.98 Å². The second kappa shape index (κ2) is 2.80. The summed E-state index contributed by atoms with van der Waals surface area (Å²) < 4.78 is 1.71. The highest BCUT2D eigenvalue weighted by atomic mass is 16.4. The van der Waals surface area contributed by atoms with Crippen LogP contribution in [0.2, 0.25) is 0 Å². The van der Waals surface area contributed by atoms with Gasteiger partial charge in [-0.15, -0.1) is 0 Å². The summed E-state index contributed by atoms with van der Waals surface area (Å²) in [6.07, 6.45) is -1.52. The monoisotopic (exact) mass is 184 g/mol. The summed E-state index contributed by atoms with van der Waals surface area (Å²) in [6.45, 7) is 2.13. The summed E-state index contributed by atoms with van der Waals surface area (Å²) in [4.78, 5) is 3.96. The quantitative estimate of drug-likeness (QED) is 0.481. The van der Waals surface area contributed by atoms with Crippen molar-refractivity contribution in [3.63, 3.8) is 0 Å². The normalized spacial score (nSPS) is 33.1. The maximum Gasteiger partial charge on any atom is 0.140 e. The summed E-state index contributed by atoms with van der Waals surface area (Å²) in [6, 6.07) is 0. The van der Waals surface area contributed by atoms with Gasteiger partial charge in [0, 0.05) is 11.9 Å². The van der Waals surface area contributed by atoms with Crippen molar-refractivity contribution in [1.82, 2.24) is 9.55 Å². The first-order valence-corrected chi connectivity index (χ1v) is 4.17. The maximum atomic E-state index is 9.52. The first kappa shape index (κ1) is 8.68. The zero-order valence-corrected chi connectivity index (χ0v) is 7.25. The third-order valence-corrected chi connectivity index (χ3v) is 2.44. The molecule has 3 atom stereocenters. The second-order valence-electron chi connectivity index (χ2n) is 3.37. The van der Waals surface area contributed by atoms with Crippen molar-refractivity contribution >= 4 is 0 Å². The molecule has 0 amide bonds. The van der Waals surface area contributed by atoms with Gasteiger partial charge in [-0.25, -0.2) is 4.98 Å². The Labute approximate surface area is 75.3 Å². The minimum atomic E-state index is -1.13. The molecule has 0 fully saturated rings. The molecule has 1 aliphatic heterocycles. The minimum Gasteiger partial charge on any atom is -0.388 e. The predicted molar refractivity (Wildman–Crippen MR) is 43.9 cm³/mol. The van der Waals surface area contributed by atoms with Crippen molar-refractivity contribution < 1.29 is 15.3 Å². The molecule has 0 spiro atoms. The Kier molecular flexibility index (Phi) is 1.87. The summed E-state index contributed by atoms with van der Waals surface area (Å²) in [5.41, 5.74) is 0.875. The molecule has 1 aliphatic rings. The molecule has 1 aromatic heterocycles. The Bertz CT molecular complexity index is 323. The van der Waals surface area contributed by atoms with Crippen molar-refractivity contribution in [2.75, 3.05) is 0 Å². The number of imidazole rings is 1. The van der Waals surface area contributed by atoms with Gasteiger partial charge >= 0.3 is 0 Å². The molecule has 2 heterocycles. The largest absolute Gasteiger partial charge is 0.388 e. The number of fused-ring (bicyclic) bond motifs is 1. The van der Waals surface area contributed by atoms with Gasteiger partial charge in [-0.3, -0.25) is 0 Å². The number of rotatable bonds is 0. The van der Waals surface area contributed by atoms with Gasteiger partial charge in [0.25, 0.3) is 0 Å². The van der Waals surface area contributed by atoms with Crippen LogP contribution in [0.15, 0.2) is 6.20 Å². The molecule has 5 nitrogen and oxygen atoms in total. The lowest BCUT2D eigenvalue weighted by Crippen LogP contribution is -2.41. The van der Waals surface area contributed by atoms with Crippen LogP contribution in [0.4, 0.5) is 0 Å². The number of aromatic nitrogens is 2. The van der Waals surface area contributed by atoms with Gasteiger partial charge < -0.3 is 19.9 Å². The fraction of sp³-hybridized carbons (Fsp3) is 0.625. The van der Waals surface area contributed by atoms with E-state index in [4.69, 9.17) is 0 Å². The summed E-state index contributed by atoms with van der Waals surface area (Å²) in [5, 5.41) is 28.2. The number of nitrogens with zero attached hydrogens (tertiary/aromatic N) is 2. The van der Waals surface area contributed by atoms with Crippen molar-refractivity contribution in [1.29, 1.82) is 0 Å². The number of aliphatic hydroxyl groups excluding tert-OH is 3. The Morgan fingerprint density at radius 3 is 2.85 bits per heavy atom. The average molecular weight is 184 g/mol. The van der Waals surface area contributed by atoms with Crippen molar-refractivity contribution in [3.05, 3.63) is 17.7 Å². The average Bonchev–Trinajstić information content (AvgIpc) is 2.45. The lowest BCUT2D eigenvalue weighted by atomic mass is 10.0. The van der Waals surface area contributed by atoms with Crippen molar-refractivity contribution in [3.8, 4) is 0 Å². The molecule has 3 unspecified atom stereocenters. The molecule has 0 saturated heterocycles. The van der Waals surface area contributed by atoms with Crippen LogP contribution in [0.1, 0.15) is 17.6 Å². The Morgan fingerprint density at radius 2 is 2.15 bits per heavy atom. The topological polar surface area (TPSA) is 78.5 Å². The summed E-state index contributed by atoms with van der Waals surface area (Å²) >= 11 is 0. The molecule has 0 aromatic carbocycles. The highest BCUT2D eigenvalue weighted by Gasteiger charge is 2.34. The molecular formula is C8H12N2O3. The minimum absolute atomic E-state index is 0.291. The third kappa shape index (κ3) is 1.16. The van der Waals surface area contributed by atoms with E-state index in [1.165, 1.54) is 0 Å². The van der Waals surface area contributed by atoms with Gasteiger partial charge in [-0.1, -0.05) is 0 Å². The molecule has 5 heteroatoms. The smallest absolute Gasteiger partial charge is 0.140 e. The van der Waals surface area contributed by atoms with E-state index in [-0.39, 0.29) is 0 Å². The molecule has 0 saturated carbocycles. The number of hydrogen-bond acceptors (Lipinski definition) is 4. The van der Waals surface area contributed by atoms with Crippen LogP contribution >= 0.6 is 0 Å². The Morgan fingerprint density at radius 1 is 1.46 bits per heavy atom. The van der Waals surface area contributed by atoms with Gasteiger partial charge in [0.1, 0.15) is 24.1 Å². The van der Waals surface area contributed by atoms with E-state index in [0.717, 1.165) is 5.69 Å².